The molecule has 21 heavy (non-hydrogen) atoms. The lowest BCUT2D eigenvalue weighted by atomic mass is 9.98. The Kier molecular flexibility index (Phi) is 3.82. The van der Waals surface area contributed by atoms with E-state index in [-0.39, 0.29) is 17.1 Å². The minimum atomic E-state index is -4.77. The van der Waals surface area contributed by atoms with E-state index in [2.05, 4.69) is 4.74 Å². The molecule has 1 heterocycles. The van der Waals surface area contributed by atoms with Gasteiger partial charge >= 0.3 is 12.3 Å². The maximum atomic E-state index is 12.1. The van der Waals surface area contributed by atoms with Gasteiger partial charge in [-0.25, -0.2) is 4.79 Å². The van der Waals surface area contributed by atoms with Gasteiger partial charge in [-0.05, 0) is 24.6 Å². The van der Waals surface area contributed by atoms with Crippen LogP contribution >= 0.6 is 0 Å². The van der Waals surface area contributed by atoms with Crippen molar-refractivity contribution >= 4 is 5.97 Å². The minimum Gasteiger partial charge on any atom is -0.478 e. The van der Waals surface area contributed by atoms with E-state index in [1.807, 2.05) is 0 Å². The molecule has 0 amide bonds. The Balaban J connectivity index is 2.28. The molecule has 0 fully saturated rings. The molecule has 0 aromatic heterocycles. The lowest BCUT2D eigenvalue weighted by Crippen LogP contribution is -2.22. The Morgan fingerprint density at radius 1 is 1.33 bits per heavy atom. The van der Waals surface area contributed by atoms with E-state index >= 15 is 0 Å². The van der Waals surface area contributed by atoms with Crippen LogP contribution < -0.4 is 4.74 Å². The van der Waals surface area contributed by atoms with Crippen LogP contribution in [-0.4, -0.2) is 29.5 Å². The molecule has 1 aliphatic rings. The monoisotopic (exact) mass is 303 g/mol. The third-order valence-corrected chi connectivity index (χ3v) is 2.96. The van der Waals surface area contributed by atoms with E-state index in [9.17, 15) is 23.1 Å². The summed E-state index contributed by atoms with van der Waals surface area (Å²) in [4.78, 5) is 16.5. The second-order valence-electron chi connectivity index (χ2n) is 4.43. The fraction of sp³-hybridized carbons (Fsp3) is 0.308. The molecule has 114 valence electrons. The van der Waals surface area contributed by atoms with Crippen molar-refractivity contribution in [2.24, 2.45) is 0 Å². The van der Waals surface area contributed by atoms with Crippen molar-refractivity contribution in [1.29, 1.82) is 0 Å². The van der Waals surface area contributed by atoms with Crippen LogP contribution in [0.5, 0.6) is 5.75 Å². The number of benzene rings is 1. The topological polar surface area (TPSA) is 59.0 Å². The molecule has 1 N–H and O–H groups in total. The first kappa shape index (κ1) is 15.2. The molecule has 5 nitrogen and oxygen atoms in total. The maximum absolute atomic E-state index is 12.1. The number of carboxylic acids is 1. The van der Waals surface area contributed by atoms with Crippen molar-refractivity contribution in [2.45, 2.75) is 19.3 Å². The zero-order chi connectivity index (χ0) is 15.8. The van der Waals surface area contributed by atoms with E-state index in [0.29, 0.717) is 5.56 Å². The van der Waals surface area contributed by atoms with Gasteiger partial charge in [0.2, 0.25) is 0 Å². The standard InChI is InChI=1S/C13H12F3NO4/c1-7-10(12(18)19)11(17(2)21-7)8-3-5-9(6-4-8)20-13(14,15)16/h3-6,11H,1-2H3,(H,18,19). The molecule has 1 aromatic rings. The van der Waals surface area contributed by atoms with Gasteiger partial charge in [-0.3, -0.25) is 0 Å². The van der Waals surface area contributed by atoms with E-state index in [1.54, 1.807) is 7.05 Å². The van der Waals surface area contributed by atoms with Crippen LogP contribution in [0.3, 0.4) is 0 Å². The van der Waals surface area contributed by atoms with Crippen LogP contribution in [0.1, 0.15) is 18.5 Å². The molecule has 0 saturated carbocycles. The van der Waals surface area contributed by atoms with Gasteiger partial charge in [0.1, 0.15) is 23.1 Å². The average Bonchev–Trinajstić information content (AvgIpc) is 2.63. The molecular formula is C13H12F3NO4. The molecule has 0 saturated heterocycles. The highest BCUT2D eigenvalue weighted by Crippen LogP contribution is 2.37. The van der Waals surface area contributed by atoms with Crippen LogP contribution in [0.2, 0.25) is 0 Å². The fourth-order valence-corrected chi connectivity index (χ4v) is 2.19. The van der Waals surface area contributed by atoms with Crippen molar-refractivity contribution in [3.63, 3.8) is 0 Å². The number of likely N-dealkylation sites (N-methyl/N-ethyl adjacent to an activating group) is 1. The number of hydrogen-bond donors (Lipinski definition) is 1. The first-order valence-corrected chi connectivity index (χ1v) is 5.89. The van der Waals surface area contributed by atoms with Gasteiger partial charge in [0.25, 0.3) is 0 Å². The first-order chi connectivity index (χ1) is 9.69. The summed E-state index contributed by atoms with van der Waals surface area (Å²) in [6.07, 6.45) is -4.77. The highest BCUT2D eigenvalue weighted by molar-refractivity contribution is 5.89. The van der Waals surface area contributed by atoms with Crippen LogP contribution in [-0.2, 0) is 9.63 Å². The summed E-state index contributed by atoms with van der Waals surface area (Å²) in [5.41, 5.74) is 0.531. The predicted molar refractivity (Wildman–Crippen MR) is 65.0 cm³/mol. The molecule has 0 spiro atoms. The molecular weight excluding hydrogens is 291 g/mol. The van der Waals surface area contributed by atoms with Crippen molar-refractivity contribution in [1.82, 2.24) is 5.06 Å². The number of ether oxygens (including phenoxy) is 1. The highest BCUT2D eigenvalue weighted by Gasteiger charge is 2.36. The van der Waals surface area contributed by atoms with E-state index in [1.165, 1.54) is 24.1 Å². The Hall–Kier alpha value is -2.22. The van der Waals surface area contributed by atoms with Gasteiger partial charge in [-0.2, -0.15) is 0 Å². The molecule has 1 unspecified atom stereocenters. The van der Waals surface area contributed by atoms with Crippen molar-refractivity contribution < 1.29 is 32.6 Å². The van der Waals surface area contributed by atoms with Gasteiger partial charge in [0, 0.05) is 7.05 Å². The summed E-state index contributed by atoms with van der Waals surface area (Å²) >= 11 is 0. The largest absolute Gasteiger partial charge is 0.573 e. The Labute approximate surface area is 118 Å². The van der Waals surface area contributed by atoms with Gasteiger partial charge in [-0.1, -0.05) is 12.1 Å². The maximum Gasteiger partial charge on any atom is 0.573 e. The summed E-state index contributed by atoms with van der Waals surface area (Å²) in [6.45, 7) is 1.51. The third kappa shape index (κ3) is 3.27. The third-order valence-electron chi connectivity index (χ3n) is 2.96. The van der Waals surface area contributed by atoms with Crippen LogP contribution in [0.15, 0.2) is 35.6 Å². The zero-order valence-electron chi connectivity index (χ0n) is 11.1. The molecule has 0 bridgehead atoms. The highest BCUT2D eigenvalue weighted by atomic mass is 19.4. The van der Waals surface area contributed by atoms with Crippen molar-refractivity contribution in [3.8, 4) is 5.75 Å². The van der Waals surface area contributed by atoms with Crippen molar-refractivity contribution in [3.05, 3.63) is 41.2 Å². The number of carbonyl (C=O) groups is 1. The zero-order valence-corrected chi connectivity index (χ0v) is 11.1. The van der Waals surface area contributed by atoms with E-state index in [0.717, 1.165) is 12.1 Å². The number of aliphatic carboxylic acids is 1. The van der Waals surface area contributed by atoms with E-state index in [4.69, 9.17) is 4.84 Å². The number of hydrogen-bond acceptors (Lipinski definition) is 4. The molecule has 0 radical (unpaired) electrons. The summed E-state index contributed by atoms with van der Waals surface area (Å²) < 4.78 is 40.0. The number of alkyl halides is 3. The average molecular weight is 303 g/mol. The van der Waals surface area contributed by atoms with Crippen LogP contribution in [0.4, 0.5) is 13.2 Å². The Morgan fingerprint density at radius 2 is 1.90 bits per heavy atom. The summed E-state index contributed by atoms with van der Waals surface area (Å²) in [7, 11) is 1.55. The number of allylic oxidation sites excluding steroid dienone is 1. The molecule has 1 aromatic carbocycles. The molecule has 8 heteroatoms. The molecule has 1 atom stereocenters. The SMILES string of the molecule is CC1=C(C(=O)O)C(c2ccc(OC(F)(F)F)cc2)N(C)O1. The number of rotatable bonds is 3. The molecule has 1 aliphatic heterocycles. The van der Waals surface area contributed by atoms with E-state index < -0.39 is 18.4 Å². The van der Waals surface area contributed by atoms with Crippen LogP contribution in [0, 0.1) is 0 Å². The second kappa shape index (κ2) is 5.28. The second-order valence-corrected chi connectivity index (χ2v) is 4.43. The predicted octanol–water partition coefficient (Wildman–Crippen LogP) is 2.86. The van der Waals surface area contributed by atoms with Gasteiger partial charge in [-0.15, -0.1) is 18.2 Å². The van der Waals surface area contributed by atoms with Gasteiger partial charge in [0.15, 0.2) is 0 Å². The number of halogens is 3. The fourth-order valence-electron chi connectivity index (χ4n) is 2.19. The summed E-state index contributed by atoms with van der Waals surface area (Å²) in [5, 5.41) is 10.5. The lowest BCUT2D eigenvalue weighted by molar-refractivity contribution is -0.274. The Bertz CT molecular complexity index is 580. The summed E-state index contributed by atoms with van der Waals surface area (Å²) in [5.74, 6) is -1.27. The minimum absolute atomic E-state index is 0.0435. The lowest BCUT2D eigenvalue weighted by Gasteiger charge is -2.20. The normalized spacial score (nSPS) is 19.6. The smallest absolute Gasteiger partial charge is 0.478 e. The quantitative estimate of drug-likeness (QED) is 0.930. The number of carboxylic acid groups (broad SMARTS) is 1. The van der Waals surface area contributed by atoms with Gasteiger partial charge in [0.05, 0.1) is 0 Å². The first-order valence-electron chi connectivity index (χ1n) is 5.89. The molecule has 0 aliphatic carbocycles. The molecule has 2 rings (SSSR count). The summed E-state index contributed by atoms with van der Waals surface area (Å²) in [6, 6.07) is 4.30. The van der Waals surface area contributed by atoms with Gasteiger partial charge < -0.3 is 14.7 Å². The van der Waals surface area contributed by atoms with Crippen molar-refractivity contribution in [2.75, 3.05) is 7.05 Å². The number of nitrogens with zero attached hydrogens (tertiary/aromatic N) is 1. The van der Waals surface area contributed by atoms with Crippen LogP contribution in [0.25, 0.3) is 0 Å². The Morgan fingerprint density at radius 3 is 2.38 bits per heavy atom. The number of hydroxylamine groups is 2.